The number of nitrogens with zero attached hydrogens (tertiary/aromatic N) is 1. The van der Waals surface area contributed by atoms with E-state index in [2.05, 4.69) is 0 Å². The number of methoxy groups -OCH3 is 1. The highest BCUT2D eigenvalue weighted by molar-refractivity contribution is 5.69. The van der Waals surface area contributed by atoms with Crippen molar-refractivity contribution < 1.29 is 19.4 Å². The molecule has 0 aromatic heterocycles. The summed E-state index contributed by atoms with van der Waals surface area (Å²) < 4.78 is 11.1. The van der Waals surface area contributed by atoms with Crippen LogP contribution in [0.2, 0.25) is 0 Å². The average Bonchev–Trinajstić information content (AvgIpc) is 2.45. The van der Waals surface area contributed by atoms with Gasteiger partial charge >= 0.3 is 5.97 Å². The van der Waals surface area contributed by atoms with Gasteiger partial charge in [0.2, 0.25) is 0 Å². The third kappa shape index (κ3) is 4.13. The number of ether oxygens (including phenoxy) is 2. The fourth-order valence-electron chi connectivity index (χ4n) is 2.57. The molecule has 1 fully saturated rings. The van der Waals surface area contributed by atoms with Gasteiger partial charge in [-0.05, 0) is 31.5 Å². The minimum Gasteiger partial charge on any atom is -0.493 e. The van der Waals surface area contributed by atoms with Crippen LogP contribution in [0.3, 0.4) is 0 Å². The molecule has 0 amide bonds. The first-order valence-electron chi connectivity index (χ1n) is 6.89. The van der Waals surface area contributed by atoms with Crippen LogP contribution in [-0.2, 0) is 4.79 Å². The monoisotopic (exact) mass is 279 g/mol. The summed E-state index contributed by atoms with van der Waals surface area (Å²) in [5.41, 5.74) is 0. The summed E-state index contributed by atoms with van der Waals surface area (Å²) in [5.74, 6) is 1.07. The van der Waals surface area contributed by atoms with Gasteiger partial charge in [-0.15, -0.1) is 0 Å². The fraction of sp³-hybridized carbons (Fsp3) is 0.533. The maximum absolute atomic E-state index is 10.7. The lowest BCUT2D eigenvalue weighted by Gasteiger charge is -2.31. The number of para-hydroxylation sites is 2. The van der Waals surface area contributed by atoms with Gasteiger partial charge in [0.05, 0.1) is 20.3 Å². The van der Waals surface area contributed by atoms with Gasteiger partial charge in [0.25, 0.3) is 0 Å². The standard InChI is InChI=1S/C15H21NO4/c1-19-13-6-2-3-7-14(13)20-11-12-5-4-8-16(9-12)10-15(17)18/h2-3,6-7,12H,4-5,8-11H2,1H3,(H,17,18)/t12-/m1/s1. The zero-order valence-electron chi connectivity index (χ0n) is 11.7. The lowest BCUT2D eigenvalue weighted by molar-refractivity contribution is -0.138. The van der Waals surface area contributed by atoms with Crippen LogP contribution in [0.4, 0.5) is 0 Å². The topological polar surface area (TPSA) is 59.0 Å². The number of carboxylic acids is 1. The second-order valence-corrected chi connectivity index (χ2v) is 5.10. The Hall–Kier alpha value is -1.75. The number of rotatable bonds is 6. The number of hydrogen-bond donors (Lipinski definition) is 1. The maximum atomic E-state index is 10.7. The van der Waals surface area contributed by atoms with Crippen molar-refractivity contribution >= 4 is 5.97 Å². The summed E-state index contributed by atoms with van der Waals surface area (Å²) in [6, 6.07) is 7.57. The van der Waals surface area contributed by atoms with Crippen LogP contribution < -0.4 is 9.47 Å². The van der Waals surface area contributed by atoms with E-state index in [1.807, 2.05) is 29.2 Å². The first-order valence-corrected chi connectivity index (χ1v) is 6.89. The molecule has 2 rings (SSSR count). The molecule has 1 aliphatic heterocycles. The molecule has 5 nitrogen and oxygen atoms in total. The van der Waals surface area contributed by atoms with Crippen LogP contribution in [0, 0.1) is 5.92 Å². The van der Waals surface area contributed by atoms with Crippen molar-refractivity contribution in [3.8, 4) is 11.5 Å². The summed E-state index contributed by atoms with van der Waals surface area (Å²) in [7, 11) is 1.62. The van der Waals surface area contributed by atoms with Gasteiger partial charge < -0.3 is 14.6 Å². The summed E-state index contributed by atoms with van der Waals surface area (Å²) in [6.45, 7) is 2.35. The molecule has 1 N–H and O–H groups in total. The zero-order chi connectivity index (χ0) is 14.4. The van der Waals surface area contributed by atoms with Crippen LogP contribution in [0.25, 0.3) is 0 Å². The minimum atomic E-state index is -0.767. The van der Waals surface area contributed by atoms with Crippen molar-refractivity contribution in [3.63, 3.8) is 0 Å². The number of piperidine rings is 1. The molecule has 1 heterocycles. The van der Waals surface area contributed by atoms with Crippen molar-refractivity contribution in [2.45, 2.75) is 12.8 Å². The zero-order valence-corrected chi connectivity index (χ0v) is 11.7. The van der Waals surface area contributed by atoms with Gasteiger partial charge in [-0.3, -0.25) is 9.69 Å². The van der Waals surface area contributed by atoms with Crippen LogP contribution in [0.1, 0.15) is 12.8 Å². The first kappa shape index (κ1) is 14.7. The molecule has 1 saturated heterocycles. The molecule has 0 bridgehead atoms. The number of aliphatic carboxylic acids is 1. The van der Waals surface area contributed by atoms with Gasteiger partial charge in [-0.1, -0.05) is 12.1 Å². The number of hydrogen-bond acceptors (Lipinski definition) is 4. The van der Waals surface area contributed by atoms with Gasteiger partial charge in [0, 0.05) is 12.5 Å². The van der Waals surface area contributed by atoms with Crippen molar-refractivity contribution in [3.05, 3.63) is 24.3 Å². The molecule has 5 heteroatoms. The highest BCUT2D eigenvalue weighted by Crippen LogP contribution is 2.27. The van der Waals surface area contributed by atoms with Crippen LogP contribution in [0.5, 0.6) is 11.5 Å². The van der Waals surface area contributed by atoms with E-state index in [-0.39, 0.29) is 6.54 Å². The Morgan fingerprint density at radius 1 is 1.40 bits per heavy atom. The van der Waals surface area contributed by atoms with Crippen LogP contribution in [0.15, 0.2) is 24.3 Å². The molecular weight excluding hydrogens is 258 g/mol. The van der Waals surface area contributed by atoms with Gasteiger partial charge in [0.1, 0.15) is 0 Å². The second kappa shape index (κ2) is 7.14. The van der Waals surface area contributed by atoms with Gasteiger partial charge in [0.15, 0.2) is 11.5 Å². The van der Waals surface area contributed by atoms with E-state index in [4.69, 9.17) is 14.6 Å². The van der Waals surface area contributed by atoms with Crippen molar-refractivity contribution in [2.75, 3.05) is 33.4 Å². The molecule has 0 radical (unpaired) electrons. The summed E-state index contributed by atoms with van der Waals surface area (Å²) in [6.07, 6.45) is 2.10. The van der Waals surface area contributed by atoms with Gasteiger partial charge in [-0.2, -0.15) is 0 Å². The fourth-order valence-corrected chi connectivity index (χ4v) is 2.57. The van der Waals surface area contributed by atoms with E-state index in [9.17, 15) is 4.79 Å². The highest BCUT2D eigenvalue weighted by Gasteiger charge is 2.22. The second-order valence-electron chi connectivity index (χ2n) is 5.10. The van der Waals surface area contributed by atoms with Gasteiger partial charge in [-0.25, -0.2) is 0 Å². The Morgan fingerprint density at radius 2 is 2.15 bits per heavy atom. The van der Waals surface area contributed by atoms with E-state index in [0.717, 1.165) is 37.4 Å². The smallest absolute Gasteiger partial charge is 0.317 e. The molecule has 110 valence electrons. The van der Waals surface area contributed by atoms with Crippen molar-refractivity contribution in [1.29, 1.82) is 0 Å². The number of likely N-dealkylation sites (tertiary alicyclic amines) is 1. The molecule has 1 aromatic rings. The number of carboxylic acid groups (broad SMARTS) is 1. The Kier molecular flexibility index (Phi) is 5.24. The summed E-state index contributed by atoms with van der Waals surface area (Å²) >= 11 is 0. The number of benzene rings is 1. The maximum Gasteiger partial charge on any atom is 0.317 e. The normalized spacial score (nSPS) is 19.6. The average molecular weight is 279 g/mol. The van der Waals surface area contributed by atoms with E-state index in [1.165, 1.54) is 0 Å². The third-order valence-corrected chi connectivity index (χ3v) is 3.51. The largest absolute Gasteiger partial charge is 0.493 e. The van der Waals surface area contributed by atoms with E-state index in [1.54, 1.807) is 7.11 Å². The molecule has 0 unspecified atom stereocenters. The third-order valence-electron chi connectivity index (χ3n) is 3.51. The molecule has 20 heavy (non-hydrogen) atoms. The first-order chi connectivity index (χ1) is 9.69. The predicted molar refractivity (Wildman–Crippen MR) is 75.3 cm³/mol. The molecule has 1 aliphatic rings. The Bertz CT molecular complexity index is 449. The minimum absolute atomic E-state index is 0.116. The van der Waals surface area contributed by atoms with Crippen LogP contribution >= 0.6 is 0 Å². The van der Waals surface area contributed by atoms with Crippen LogP contribution in [-0.4, -0.2) is 49.3 Å². The van der Waals surface area contributed by atoms with E-state index >= 15 is 0 Å². The molecule has 1 aromatic carbocycles. The highest BCUT2D eigenvalue weighted by atomic mass is 16.5. The Labute approximate surface area is 119 Å². The molecule has 0 spiro atoms. The predicted octanol–water partition coefficient (Wildman–Crippen LogP) is 1.87. The van der Waals surface area contributed by atoms with Crippen molar-refractivity contribution in [1.82, 2.24) is 4.90 Å². The van der Waals surface area contributed by atoms with E-state index in [0.29, 0.717) is 12.5 Å². The molecule has 0 aliphatic carbocycles. The number of carbonyl (C=O) groups is 1. The lowest BCUT2D eigenvalue weighted by Crippen LogP contribution is -2.40. The van der Waals surface area contributed by atoms with Crippen molar-refractivity contribution in [2.24, 2.45) is 5.92 Å². The molecule has 0 saturated carbocycles. The lowest BCUT2D eigenvalue weighted by atomic mass is 9.99. The quantitative estimate of drug-likeness (QED) is 0.861. The summed E-state index contributed by atoms with van der Waals surface area (Å²) in [5, 5.41) is 8.84. The summed E-state index contributed by atoms with van der Waals surface area (Å²) in [4.78, 5) is 12.7. The van der Waals surface area contributed by atoms with E-state index < -0.39 is 5.97 Å². The molecule has 1 atom stereocenters. The molecular formula is C15H21NO4. The SMILES string of the molecule is COc1ccccc1OC[C@@H]1CCCN(CC(=O)O)C1. The Morgan fingerprint density at radius 3 is 2.85 bits per heavy atom. The Balaban J connectivity index is 1.85.